The molecule has 0 rings (SSSR count). The quantitative estimate of drug-likeness (QED) is 0.313. The number of carbonyl (C=O) groups excluding carboxylic acids is 1. The number of carbonyl (C=O) groups is 1. The summed E-state index contributed by atoms with van der Waals surface area (Å²) in [5.74, 6) is -0.253. The summed E-state index contributed by atoms with van der Waals surface area (Å²) in [6.07, 6.45) is 3.38. The molecule has 4 N–H and O–H groups in total. The predicted molar refractivity (Wildman–Crippen MR) is 40.6 cm³/mol. The minimum absolute atomic E-state index is 0.253. The Balaban J connectivity index is 2.98. The van der Waals surface area contributed by atoms with Crippen LogP contribution < -0.4 is 11.5 Å². The van der Waals surface area contributed by atoms with Crippen LogP contribution in [0.3, 0.4) is 0 Å². The Bertz CT molecular complexity index is 122. The van der Waals surface area contributed by atoms with E-state index in [4.69, 9.17) is 11.5 Å². The van der Waals surface area contributed by atoms with Crippen LogP contribution in [0.5, 0.6) is 0 Å². The van der Waals surface area contributed by atoms with Crippen molar-refractivity contribution in [3.8, 4) is 0 Å². The van der Waals surface area contributed by atoms with Crippen molar-refractivity contribution in [1.29, 1.82) is 0 Å². The van der Waals surface area contributed by atoms with E-state index in [9.17, 15) is 4.79 Å². The molecule has 0 aromatic heterocycles. The second kappa shape index (κ2) is 6.07. The average molecular weight is 143 g/mol. The van der Waals surface area contributed by atoms with Gasteiger partial charge in [-0.25, -0.2) is 0 Å². The van der Waals surface area contributed by atoms with Gasteiger partial charge in [0.25, 0.3) is 0 Å². The van der Waals surface area contributed by atoms with Crippen LogP contribution in [0.4, 0.5) is 0 Å². The third kappa shape index (κ3) is 6.94. The van der Waals surface area contributed by atoms with Crippen molar-refractivity contribution in [2.45, 2.75) is 19.3 Å². The zero-order valence-electron chi connectivity index (χ0n) is 5.92. The van der Waals surface area contributed by atoms with Gasteiger partial charge in [0.2, 0.25) is 5.91 Å². The molecule has 0 bridgehead atoms. The third-order valence-corrected chi connectivity index (χ3v) is 1.07. The van der Waals surface area contributed by atoms with Crippen molar-refractivity contribution in [3.63, 3.8) is 0 Å². The van der Waals surface area contributed by atoms with Crippen LogP contribution >= 0.6 is 0 Å². The highest BCUT2D eigenvalue weighted by Crippen LogP contribution is 1.93. The number of primary amides is 1. The first-order chi connectivity index (χ1) is 4.77. The van der Waals surface area contributed by atoms with Gasteiger partial charge in [-0.15, -0.1) is 0 Å². The number of hydrogen-bond acceptors (Lipinski definition) is 2. The van der Waals surface area contributed by atoms with Gasteiger partial charge < -0.3 is 11.5 Å². The standard InChI is InChI=1S/C6H13N3O/c7-5-9-4-2-1-3-6(8)10/h5H,1-4H2,(H2,7,9)(H2,8,10). The van der Waals surface area contributed by atoms with Gasteiger partial charge in [0, 0.05) is 13.0 Å². The van der Waals surface area contributed by atoms with Gasteiger partial charge in [0.1, 0.15) is 0 Å². The second-order valence-electron chi connectivity index (χ2n) is 1.98. The van der Waals surface area contributed by atoms with Gasteiger partial charge in [0.05, 0.1) is 6.34 Å². The van der Waals surface area contributed by atoms with Crippen LogP contribution in [0.15, 0.2) is 4.99 Å². The van der Waals surface area contributed by atoms with Gasteiger partial charge in [-0.3, -0.25) is 9.79 Å². The lowest BCUT2D eigenvalue weighted by molar-refractivity contribution is -0.118. The predicted octanol–water partition coefficient (Wildman–Crippen LogP) is -0.371. The zero-order valence-corrected chi connectivity index (χ0v) is 5.92. The number of aliphatic imine (C=N–C) groups is 1. The van der Waals surface area contributed by atoms with Gasteiger partial charge in [0.15, 0.2) is 0 Å². The smallest absolute Gasteiger partial charge is 0.217 e. The van der Waals surface area contributed by atoms with Crippen molar-refractivity contribution in [3.05, 3.63) is 0 Å². The Kier molecular flexibility index (Phi) is 5.42. The Morgan fingerprint density at radius 3 is 2.70 bits per heavy atom. The summed E-state index contributed by atoms with van der Waals surface area (Å²) in [6.45, 7) is 0.684. The van der Waals surface area contributed by atoms with Crippen molar-refractivity contribution >= 4 is 12.2 Å². The molecule has 0 saturated carbocycles. The summed E-state index contributed by atoms with van der Waals surface area (Å²) in [5.41, 5.74) is 9.89. The van der Waals surface area contributed by atoms with E-state index in [1.807, 2.05) is 0 Å². The molecule has 0 radical (unpaired) electrons. The van der Waals surface area contributed by atoms with E-state index < -0.39 is 0 Å². The Labute approximate surface area is 60.3 Å². The lowest BCUT2D eigenvalue weighted by atomic mass is 10.2. The number of amides is 1. The van der Waals surface area contributed by atoms with Crippen LogP contribution in [-0.4, -0.2) is 18.8 Å². The van der Waals surface area contributed by atoms with E-state index in [0.717, 1.165) is 12.8 Å². The molecule has 0 unspecified atom stereocenters. The molecule has 1 amide bonds. The van der Waals surface area contributed by atoms with E-state index in [1.54, 1.807) is 0 Å². The summed E-state index contributed by atoms with van der Waals surface area (Å²) >= 11 is 0. The average Bonchev–Trinajstić information content (AvgIpc) is 1.87. The van der Waals surface area contributed by atoms with Crippen LogP contribution in [0.25, 0.3) is 0 Å². The largest absolute Gasteiger partial charge is 0.390 e. The van der Waals surface area contributed by atoms with E-state index >= 15 is 0 Å². The fourth-order valence-electron chi connectivity index (χ4n) is 0.577. The highest BCUT2D eigenvalue weighted by atomic mass is 16.1. The molecular weight excluding hydrogens is 130 g/mol. The SMILES string of the molecule is NC=NCCCCC(N)=O. The molecule has 0 heterocycles. The molecule has 0 aromatic carbocycles. The van der Waals surface area contributed by atoms with Gasteiger partial charge in [-0.1, -0.05) is 0 Å². The molecule has 0 aliphatic heterocycles. The summed E-state index contributed by atoms with van der Waals surface area (Å²) in [6, 6.07) is 0. The fourth-order valence-corrected chi connectivity index (χ4v) is 0.577. The Morgan fingerprint density at radius 1 is 1.50 bits per heavy atom. The first kappa shape index (κ1) is 8.94. The topological polar surface area (TPSA) is 81.5 Å². The van der Waals surface area contributed by atoms with E-state index in [1.165, 1.54) is 6.34 Å². The number of unbranched alkanes of at least 4 members (excludes halogenated alkanes) is 1. The molecule has 0 saturated heterocycles. The molecule has 0 aliphatic carbocycles. The van der Waals surface area contributed by atoms with E-state index in [2.05, 4.69) is 4.99 Å². The summed E-state index contributed by atoms with van der Waals surface area (Å²) in [7, 11) is 0. The molecule has 0 atom stereocenters. The maximum atomic E-state index is 10.2. The summed E-state index contributed by atoms with van der Waals surface area (Å²) in [4.78, 5) is 14.0. The van der Waals surface area contributed by atoms with Gasteiger partial charge in [-0.05, 0) is 12.8 Å². The maximum absolute atomic E-state index is 10.2. The summed E-state index contributed by atoms with van der Waals surface area (Å²) < 4.78 is 0. The van der Waals surface area contributed by atoms with Crippen molar-refractivity contribution < 1.29 is 4.79 Å². The lowest BCUT2D eigenvalue weighted by Crippen LogP contribution is -2.09. The van der Waals surface area contributed by atoms with Crippen molar-refractivity contribution in [2.75, 3.05) is 6.54 Å². The first-order valence-electron chi connectivity index (χ1n) is 3.25. The van der Waals surface area contributed by atoms with Gasteiger partial charge in [-0.2, -0.15) is 0 Å². The normalized spacial score (nSPS) is 10.4. The van der Waals surface area contributed by atoms with Gasteiger partial charge >= 0.3 is 0 Å². The van der Waals surface area contributed by atoms with Crippen LogP contribution in [0.1, 0.15) is 19.3 Å². The molecule has 0 aromatic rings. The molecular formula is C6H13N3O. The first-order valence-corrected chi connectivity index (χ1v) is 3.25. The minimum atomic E-state index is -0.253. The molecule has 4 nitrogen and oxygen atoms in total. The number of nitrogens with zero attached hydrogens (tertiary/aromatic N) is 1. The molecule has 10 heavy (non-hydrogen) atoms. The Hall–Kier alpha value is -1.06. The lowest BCUT2D eigenvalue weighted by Gasteiger charge is -1.92. The number of rotatable bonds is 5. The van der Waals surface area contributed by atoms with E-state index in [0.29, 0.717) is 13.0 Å². The number of hydrogen-bond donors (Lipinski definition) is 2. The Morgan fingerprint density at radius 2 is 2.20 bits per heavy atom. The van der Waals surface area contributed by atoms with Crippen LogP contribution in [-0.2, 0) is 4.79 Å². The van der Waals surface area contributed by atoms with Crippen LogP contribution in [0, 0.1) is 0 Å². The molecule has 0 spiro atoms. The van der Waals surface area contributed by atoms with E-state index in [-0.39, 0.29) is 5.91 Å². The molecule has 0 fully saturated rings. The maximum Gasteiger partial charge on any atom is 0.217 e. The zero-order chi connectivity index (χ0) is 7.82. The number of nitrogens with two attached hydrogens (primary N) is 2. The highest BCUT2D eigenvalue weighted by Gasteiger charge is 1.91. The highest BCUT2D eigenvalue weighted by molar-refractivity contribution is 5.73. The molecule has 4 heteroatoms. The monoisotopic (exact) mass is 143 g/mol. The minimum Gasteiger partial charge on any atom is -0.390 e. The fraction of sp³-hybridized carbons (Fsp3) is 0.667. The third-order valence-electron chi connectivity index (χ3n) is 1.07. The molecule has 0 aliphatic rings. The molecule has 58 valence electrons. The second-order valence-corrected chi connectivity index (χ2v) is 1.98. The van der Waals surface area contributed by atoms with Crippen molar-refractivity contribution in [1.82, 2.24) is 0 Å². The summed E-state index contributed by atoms with van der Waals surface area (Å²) in [5, 5.41) is 0. The van der Waals surface area contributed by atoms with Crippen molar-refractivity contribution in [2.24, 2.45) is 16.5 Å². The van der Waals surface area contributed by atoms with Crippen LogP contribution in [0.2, 0.25) is 0 Å².